The quantitative estimate of drug-likeness (QED) is 0.730. The Hall–Kier alpha value is -1.16. The predicted molar refractivity (Wildman–Crippen MR) is 53.4 cm³/mol. The van der Waals surface area contributed by atoms with E-state index < -0.39 is 0 Å². The van der Waals surface area contributed by atoms with Crippen molar-refractivity contribution in [3.05, 3.63) is 17.6 Å². The molecular formula is C9H16N4. The summed E-state index contributed by atoms with van der Waals surface area (Å²) < 4.78 is 0. The average molecular weight is 180 g/mol. The number of aromatic nitrogens is 2. The van der Waals surface area contributed by atoms with Gasteiger partial charge in [0.1, 0.15) is 11.6 Å². The van der Waals surface area contributed by atoms with Gasteiger partial charge in [0.05, 0.1) is 0 Å². The molecule has 0 saturated carbocycles. The van der Waals surface area contributed by atoms with E-state index in [0.717, 1.165) is 17.2 Å². The van der Waals surface area contributed by atoms with Crippen LogP contribution in [-0.2, 0) is 6.54 Å². The van der Waals surface area contributed by atoms with Gasteiger partial charge in [0, 0.05) is 24.3 Å². The van der Waals surface area contributed by atoms with E-state index in [-0.39, 0.29) is 0 Å². The molecule has 4 heteroatoms. The monoisotopic (exact) mass is 180 g/mol. The standard InChI is InChI=1S/C9H16N4/c1-6(2)12-9-8(4-10)5-11-7(3)13-9/h5-6H,4,10H2,1-3H3,(H,11,12,13). The first-order valence-electron chi connectivity index (χ1n) is 4.42. The maximum Gasteiger partial charge on any atom is 0.134 e. The lowest BCUT2D eigenvalue weighted by molar-refractivity contribution is 0.865. The molecule has 72 valence electrons. The molecule has 0 bridgehead atoms. The summed E-state index contributed by atoms with van der Waals surface area (Å²) in [6, 6.07) is 0.361. The molecule has 1 rings (SSSR count). The van der Waals surface area contributed by atoms with E-state index in [9.17, 15) is 0 Å². The third-order valence-electron chi connectivity index (χ3n) is 1.63. The van der Waals surface area contributed by atoms with Crippen molar-refractivity contribution in [3.8, 4) is 0 Å². The van der Waals surface area contributed by atoms with E-state index in [2.05, 4.69) is 29.1 Å². The van der Waals surface area contributed by atoms with Crippen LogP contribution in [0.3, 0.4) is 0 Å². The lowest BCUT2D eigenvalue weighted by Gasteiger charge is -2.12. The van der Waals surface area contributed by atoms with Crippen LogP contribution in [0.1, 0.15) is 25.2 Å². The van der Waals surface area contributed by atoms with Gasteiger partial charge in [0.15, 0.2) is 0 Å². The van der Waals surface area contributed by atoms with Crippen molar-refractivity contribution in [1.29, 1.82) is 0 Å². The van der Waals surface area contributed by atoms with Crippen LogP contribution < -0.4 is 11.1 Å². The minimum Gasteiger partial charge on any atom is -0.368 e. The number of anilines is 1. The highest BCUT2D eigenvalue weighted by molar-refractivity contribution is 5.43. The first-order chi connectivity index (χ1) is 6.13. The minimum atomic E-state index is 0.361. The molecule has 0 aliphatic heterocycles. The summed E-state index contributed by atoms with van der Waals surface area (Å²) in [5.41, 5.74) is 6.51. The highest BCUT2D eigenvalue weighted by atomic mass is 15.0. The Bertz CT molecular complexity index is 283. The van der Waals surface area contributed by atoms with Crippen molar-refractivity contribution in [3.63, 3.8) is 0 Å². The number of rotatable bonds is 3. The van der Waals surface area contributed by atoms with E-state index >= 15 is 0 Å². The van der Waals surface area contributed by atoms with Crippen LogP contribution in [0.15, 0.2) is 6.20 Å². The van der Waals surface area contributed by atoms with Gasteiger partial charge < -0.3 is 11.1 Å². The van der Waals surface area contributed by atoms with Crippen LogP contribution in [-0.4, -0.2) is 16.0 Å². The Morgan fingerprint density at radius 3 is 2.77 bits per heavy atom. The molecule has 0 aliphatic carbocycles. The van der Waals surface area contributed by atoms with E-state index in [1.54, 1.807) is 6.20 Å². The number of aryl methyl sites for hydroxylation is 1. The Morgan fingerprint density at radius 2 is 2.23 bits per heavy atom. The van der Waals surface area contributed by atoms with Gasteiger partial charge in [-0.05, 0) is 20.8 Å². The van der Waals surface area contributed by atoms with Crippen molar-refractivity contribution < 1.29 is 0 Å². The number of nitrogens with one attached hydrogen (secondary N) is 1. The molecule has 0 fully saturated rings. The largest absolute Gasteiger partial charge is 0.368 e. The third kappa shape index (κ3) is 2.66. The Kier molecular flexibility index (Phi) is 3.19. The fourth-order valence-corrected chi connectivity index (χ4v) is 1.04. The summed E-state index contributed by atoms with van der Waals surface area (Å²) in [7, 11) is 0. The number of hydrogen-bond acceptors (Lipinski definition) is 4. The average Bonchev–Trinajstić information content (AvgIpc) is 2.03. The molecule has 13 heavy (non-hydrogen) atoms. The zero-order chi connectivity index (χ0) is 9.84. The molecule has 0 amide bonds. The molecule has 3 N–H and O–H groups in total. The van der Waals surface area contributed by atoms with Gasteiger partial charge in [0.25, 0.3) is 0 Å². The predicted octanol–water partition coefficient (Wildman–Crippen LogP) is 1.06. The highest BCUT2D eigenvalue weighted by Gasteiger charge is 2.04. The molecule has 0 aromatic carbocycles. The number of hydrogen-bond donors (Lipinski definition) is 2. The zero-order valence-electron chi connectivity index (χ0n) is 8.33. The van der Waals surface area contributed by atoms with Crippen LogP contribution in [0, 0.1) is 6.92 Å². The van der Waals surface area contributed by atoms with E-state index in [1.807, 2.05) is 6.92 Å². The topological polar surface area (TPSA) is 63.8 Å². The molecular weight excluding hydrogens is 164 g/mol. The van der Waals surface area contributed by atoms with Gasteiger partial charge in [-0.1, -0.05) is 0 Å². The number of nitrogens with zero attached hydrogens (tertiary/aromatic N) is 2. The van der Waals surface area contributed by atoms with E-state index in [0.29, 0.717) is 12.6 Å². The second kappa shape index (κ2) is 4.18. The molecule has 0 unspecified atom stereocenters. The Balaban J connectivity index is 2.94. The summed E-state index contributed by atoms with van der Waals surface area (Å²) in [6.45, 7) is 6.47. The summed E-state index contributed by atoms with van der Waals surface area (Å²) in [6.07, 6.45) is 1.77. The van der Waals surface area contributed by atoms with Crippen molar-refractivity contribution >= 4 is 5.82 Å². The smallest absolute Gasteiger partial charge is 0.134 e. The van der Waals surface area contributed by atoms with Gasteiger partial charge in [-0.2, -0.15) is 0 Å². The molecule has 0 spiro atoms. The molecule has 0 aliphatic rings. The normalized spacial score (nSPS) is 10.5. The molecule has 4 nitrogen and oxygen atoms in total. The number of nitrogens with two attached hydrogens (primary N) is 1. The third-order valence-corrected chi connectivity index (χ3v) is 1.63. The maximum atomic E-state index is 5.56. The first kappa shape index (κ1) is 9.92. The minimum absolute atomic E-state index is 0.361. The van der Waals surface area contributed by atoms with Crippen molar-refractivity contribution in [2.75, 3.05) is 5.32 Å². The second-order valence-electron chi connectivity index (χ2n) is 3.29. The molecule has 1 aromatic rings. The lowest BCUT2D eigenvalue weighted by atomic mass is 10.3. The van der Waals surface area contributed by atoms with Gasteiger partial charge in [-0.15, -0.1) is 0 Å². The molecule has 1 aromatic heterocycles. The lowest BCUT2D eigenvalue weighted by Crippen LogP contribution is -2.15. The highest BCUT2D eigenvalue weighted by Crippen LogP contribution is 2.11. The van der Waals surface area contributed by atoms with Gasteiger partial charge >= 0.3 is 0 Å². The van der Waals surface area contributed by atoms with Crippen LogP contribution in [0.4, 0.5) is 5.82 Å². The van der Waals surface area contributed by atoms with Crippen molar-refractivity contribution in [2.24, 2.45) is 5.73 Å². The Morgan fingerprint density at radius 1 is 1.54 bits per heavy atom. The SMILES string of the molecule is Cc1ncc(CN)c(NC(C)C)n1. The zero-order valence-corrected chi connectivity index (χ0v) is 8.33. The molecule has 0 radical (unpaired) electrons. The van der Waals surface area contributed by atoms with E-state index in [1.165, 1.54) is 0 Å². The fraction of sp³-hybridized carbons (Fsp3) is 0.556. The fourth-order valence-electron chi connectivity index (χ4n) is 1.04. The maximum absolute atomic E-state index is 5.56. The van der Waals surface area contributed by atoms with Crippen LogP contribution in [0.25, 0.3) is 0 Å². The van der Waals surface area contributed by atoms with Crippen LogP contribution in [0.2, 0.25) is 0 Å². The molecule has 0 atom stereocenters. The van der Waals surface area contributed by atoms with Gasteiger partial charge in [0.2, 0.25) is 0 Å². The molecule has 1 heterocycles. The summed E-state index contributed by atoms with van der Waals surface area (Å²) in [4.78, 5) is 8.37. The van der Waals surface area contributed by atoms with Crippen molar-refractivity contribution in [1.82, 2.24) is 9.97 Å². The summed E-state index contributed by atoms with van der Waals surface area (Å²) in [5, 5.41) is 3.23. The van der Waals surface area contributed by atoms with Gasteiger partial charge in [-0.25, -0.2) is 9.97 Å². The van der Waals surface area contributed by atoms with Crippen LogP contribution >= 0.6 is 0 Å². The van der Waals surface area contributed by atoms with E-state index in [4.69, 9.17) is 5.73 Å². The van der Waals surface area contributed by atoms with Gasteiger partial charge in [-0.3, -0.25) is 0 Å². The summed E-state index contributed by atoms with van der Waals surface area (Å²) >= 11 is 0. The Labute approximate surface area is 78.6 Å². The first-order valence-corrected chi connectivity index (χ1v) is 4.42. The molecule has 0 saturated heterocycles. The summed E-state index contributed by atoms with van der Waals surface area (Å²) in [5.74, 6) is 1.62. The van der Waals surface area contributed by atoms with Crippen LogP contribution in [0.5, 0.6) is 0 Å². The second-order valence-corrected chi connectivity index (χ2v) is 3.29. The van der Waals surface area contributed by atoms with Crippen molar-refractivity contribution in [2.45, 2.75) is 33.4 Å².